The largest absolute Gasteiger partial charge is 0.493 e. The number of ether oxygens (including phenoxy) is 2. The second-order valence-corrected chi connectivity index (χ2v) is 10.2. The van der Waals surface area contributed by atoms with Crippen molar-refractivity contribution in [3.05, 3.63) is 98.1 Å². The quantitative estimate of drug-likeness (QED) is 0.158. The first kappa shape index (κ1) is 28.5. The molecule has 11 nitrogen and oxygen atoms in total. The van der Waals surface area contributed by atoms with Gasteiger partial charge in [-0.25, -0.2) is 4.98 Å². The van der Waals surface area contributed by atoms with E-state index in [4.69, 9.17) is 14.5 Å². The highest BCUT2D eigenvalue weighted by molar-refractivity contribution is 5.92. The molecule has 5 rings (SSSR count). The molecule has 4 aromatic rings. The van der Waals surface area contributed by atoms with Crippen molar-refractivity contribution in [2.24, 2.45) is 5.10 Å². The summed E-state index contributed by atoms with van der Waals surface area (Å²) < 4.78 is 12.3. The zero-order chi connectivity index (χ0) is 29.6. The smallest absolute Gasteiger partial charge is 0.315 e. The van der Waals surface area contributed by atoms with Gasteiger partial charge in [0.25, 0.3) is 11.5 Å². The molecule has 1 saturated carbocycles. The normalized spacial score (nSPS) is 13.8. The number of nitro groups is 1. The van der Waals surface area contributed by atoms with Gasteiger partial charge >= 0.3 is 5.69 Å². The van der Waals surface area contributed by atoms with Crippen molar-refractivity contribution in [1.82, 2.24) is 9.66 Å². The van der Waals surface area contributed by atoms with Gasteiger partial charge in [0.1, 0.15) is 5.82 Å². The van der Waals surface area contributed by atoms with Gasteiger partial charge in [-0.15, -0.1) is 0 Å². The number of benzene rings is 3. The Kier molecular flexibility index (Phi) is 8.56. The number of rotatable bonds is 9. The molecule has 0 atom stereocenters. The number of aryl methyl sites for hydroxylation is 1. The molecular formula is C31H31N5O6. The molecule has 216 valence electrons. The second-order valence-electron chi connectivity index (χ2n) is 10.2. The number of nitrogens with zero attached hydrogens (tertiary/aromatic N) is 4. The molecule has 0 saturated heterocycles. The molecule has 42 heavy (non-hydrogen) atoms. The molecule has 11 heteroatoms. The van der Waals surface area contributed by atoms with Crippen LogP contribution in [-0.2, 0) is 4.79 Å². The minimum Gasteiger partial charge on any atom is -0.493 e. The summed E-state index contributed by atoms with van der Waals surface area (Å²) in [5, 5.41) is 19.6. The molecule has 0 radical (unpaired) electrons. The average Bonchev–Trinajstić information content (AvgIpc) is 3.00. The van der Waals surface area contributed by atoms with Crippen LogP contribution in [0, 0.1) is 17.0 Å². The van der Waals surface area contributed by atoms with Crippen LogP contribution in [0.25, 0.3) is 10.9 Å². The number of carbonyl (C=O) groups is 1. The van der Waals surface area contributed by atoms with Gasteiger partial charge < -0.3 is 14.8 Å². The number of amides is 1. The summed E-state index contributed by atoms with van der Waals surface area (Å²) in [6.07, 6.45) is 6.42. The van der Waals surface area contributed by atoms with Gasteiger partial charge in [-0.05, 0) is 50.1 Å². The predicted octanol–water partition coefficient (Wildman–Crippen LogP) is 5.57. The Bertz CT molecular complexity index is 1710. The summed E-state index contributed by atoms with van der Waals surface area (Å²) in [5.41, 5.74) is 1.83. The molecule has 0 spiro atoms. The zero-order valence-corrected chi connectivity index (χ0v) is 23.4. The van der Waals surface area contributed by atoms with Crippen molar-refractivity contribution < 1.29 is 19.2 Å². The second kappa shape index (κ2) is 12.6. The summed E-state index contributed by atoms with van der Waals surface area (Å²) >= 11 is 0. The van der Waals surface area contributed by atoms with Gasteiger partial charge in [-0.1, -0.05) is 49.1 Å². The highest BCUT2D eigenvalue weighted by atomic mass is 16.6. The van der Waals surface area contributed by atoms with Crippen molar-refractivity contribution >= 4 is 34.4 Å². The lowest BCUT2D eigenvalue weighted by Gasteiger charge is -2.22. The van der Waals surface area contributed by atoms with Crippen LogP contribution in [0.1, 0.15) is 55.0 Å². The molecule has 1 fully saturated rings. The van der Waals surface area contributed by atoms with Crippen LogP contribution in [0.4, 0.5) is 11.4 Å². The van der Waals surface area contributed by atoms with Gasteiger partial charge in [0.15, 0.2) is 12.4 Å². The van der Waals surface area contributed by atoms with E-state index in [1.165, 1.54) is 30.1 Å². The van der Waals surface area contributed by atoms with Gasteiger partial charge in [0, 0.05) is 23.2 Å². The summed E-state index contributed by atoms with van der Waals surface area (Å²) in [6.45, 7) is 1.46. The SMILES string of the molecule is COc1cc(C=Nn2c(C3CCCCC3)nc3ccccc3c2=O)cc([N+](=O)[O-])c1OCC(=O)Nc1ccc(C)cc1. The van der Waals surface area contributed by atoms with Crippen LogP contribution in [-0.4, -0.2) is 40.4 Å². The number of anilines is 1. The van der Waals surface area contributed by atoms with E-state index in [0.29, 0.717) is 28.0 Å². The van der Waals surface area contributed by atoms with E-state index in [-0.39, 0.29) is 23.0 Å². The fraction of sp³-hybridized carbons (Fsp3) is 0.290. The zero-order valence-electron chi connectivity index (χ0n) is 23.4. The van der Waals surface area contributed by atoms with E-state index in [1.54, 1.807) is 24.3 Å². The Labute approximate surface area is 242 Å². The summed E-state index contributed by atoms with van der Waals surface area (Å²) in [7, 11) is 1.35. The molecule has 1 aromatic heterocycles. The third-order valence-corrected chi connectivity index (χ3v) is 7.23. The van der Waals surface area contributed by atoms with E-state index in [9.17, 15) is 19.7 Å². The lowest BCUT2D eigenvalue weighted by atomic mass is 9.88. The molecule has 1 heterocycles. The van der Waals surface area contributed by atoms with Gasteiger partial charge in [0.2, 0.25) is 5.75 Å². The van der Waals surface area contributed by atoms with Crippen LogP contribution < -0.4 is 20.3 Å². The van der Waals surface area contributed by atoms with Crippen LogP contribution in [0.3, 0.4) is 0 Å². The number of hydrogen-bond acceptors (Lipinski definition) is 8. The molecule has 0 unspecified atom stereocenters. The Hall–Kier alpha value is -5.06. The van der Waals surface area contributed by atoms with Crippen LogP contribution in [0.5, 0.6) is 11.5 Å². The number of aromatic nitrogens is 2. The lowest BCUT2D eigenvalue weighted by molar-refractivity contribution is -0.385. The number of nitro benzene ring substituents is 1. The van der Waals surface area contributed by atoms with Crippen molar-refractivity contribution in [1.29, 1.82) is 0 Å². The number of nitrogens with one attached hydrogen (secondary N) is 1. The van der Waals surface area contributed by atoms with Crippen molar-refractivity contribution in [2.75, 3.05) is 19.0 Å². The average molecular weight is 570 g/mol. The molecule has 3 aromatic carbocycles. The Morgan fingerprint density at radius 1 is 1.14 bits per heavy atom. The van der Waals surface area contributed by atoms with E-state index in [0.717, 1.165) is 37.7 Å². The third kappa shape index (κ3) is 6.30. The highest BCUT2D eigenvalue weighted by Crippen LogP contribution is 2.38. The van der Waals surface area contributed by atoms with Gasteiger partial charge in [0.05, 0.1) is 29.2 Å². The molecule has 1 N–H and O–H groups in total. The number of hydrogen-bond donors (Lipinski definition) is 1. The Balaban J connectivity index is 1.45. The van der Waals surface area contributed by atoms with Crippen molar-refractivity contribution in [2.45, 2.75) is 44.9 Å². The third-order valence-electron chi connectivity index (χ3n) is 7.23. The molecule has 0 aliphatic heterocycles. The van der Waals surface area contributed by atoms with Crippen molar-refractivity contribution in [3.8, 4) is 11.5 Å². The number of fused-ring (bicyclic) bond motifs is 1. The van der Waals surface area contributed by atoms with Gasteiger partial charge in [-0.3, -0.25) is 19.7 Å². The van der Waals surface area contributed by atoms with Crippen LogP contribution >= 0.6 is 0 Å². The van der Waals surface area contributed by atoms with E-state index in [2.05, 4.69) is 10.4 Å². The number of methoxy groups -OCH3 is 1. The van der Waals surface area contributed by atoms with E-state index < -0.39 is 23.1 Å². The number of para-hydroxylation sites is 1. The molecule has 1 amide bonds. The fourth-order valence-corrected chi connectivity index (χ4v) is 5.09. The first-order valence-corrected chi connectivity index (χ1v) is 13.8. The van der Waals surface area contributed by atoms with Crippen LogP contribution in [0.15, 0.2) is 70.6 Å². The topological polar surface area (TPSA) is 138 Å². The maximum Gasteiger partial charge on any atom is 0.315 e. The standard InChI is InChI=1S/C31H31N5O6/c1-20-12-14-23(15-13-20)33-28(37)19-42-29-26(36(39)40)16-21(17-27(29)41-2)18-32-35-30(22-8-4-3-5-9-22)34-25-11-7-6-10-24(25)31(35)38/h6-7,10-18,22H,3-5,8-9,19H2,1-2H3,(H,33,37). The van der Waals surface area contributed by atoms with E-state index in [1.807, 2.05) is 31.2 Å². The Morgan fingerprint density at radius 2 is 1.88 bits per heavy atom. The van der Waals surface area contributed by atoms with E-state index >= 15 is 0 Å². The first-order valence-electron chi connectivity index (χ1n) is 13.8. The molecule has 0 bridgehead atoms. The monoisotopic (exact) mass is 569 g/mol. The maximum atomic E-state index is 13.5. The van der Waals surface area contributed by atoms with Crippen LogP contribution in [0.2, 0.25) is 0 Å². The first-order chi connectivity index (χ1) is 20.3. The summed E-state index contributed by atoms with van der Waals surface area (Å²) in [4.78, 5) is 42.1. The molecular weight excluding hydrogens is 538 g/mol. The predicted molar refractivity (Wildman–Crippen MR) is 160 cm³/mol. The fourth-order valence-electron chi connectivity index (χ4n) is 5.09. The number of carbonyl (C=O) groups excluding carboxylic acids is 1. The summed E-state index contributed by atoms with van der Waals surface area (Å²) in [5.74, 6) is 0.0326. The maximum absolute atomic E-state index is 13.5. The minimum absolute atomic E-state index is 0.0465. The Morgan fingerprint density at radius 3 is 2.60 bits per heavy atom. The highest BCUT2D eigenvalue weighted by Gasteiger charge is 2.24. The van der Waals surface area contributed by atoms with Gasteiger partial charge in [-0.2, -0.15) is 9.78 Å². The molecule has 1 aliphatic carbocycles. The minimum atomic E-state index is -0.621. The summed E-state index contributed by atoms with van der Waals surface area (Å²) in [6, 6.07) is 17.1. The molecule has 1 aliphatic rings. The lowest BCUT2D eigenvalue weighted by Crippen LogP contribution is -2.25. The van der Waals surface area contributed by atoms with Crippen molar-refractivity contribution in [3.63, 3.8) is 0 Å².